The van der Waals surface area contributed by atoms with Crippen LogP contribution >= 0.6 is 0 Å². The summed E-state index contributed by atoms with van der Waals surface area (Å²) in [5.74, 6) is 5.98. The van der Waals surface area contributed by atoms with Gasteiger partial charge < -0.3 is 14.4 Å². The molecule has 0 aliphatic carbocycles. The lowest BCUT2D eigenvalue weighted by Gasteiger charge is -2.19. The summed E-state index contributed by atoms with van der Waals surface area (Å²) in [6.45, 7) is 11.7. The fourth-order valence-electron chi connectivity index (χ4n) is 8.28. The van der Waals surface area contributed by atoms with Crippen molar-refractivity contribution >= 4 is 27.6 Å². The van der Waals surface area contributed by atoms with Crippen LogP contribution in [0.3, 0.4) is 0 Å². The number of amidine groups is 1. The predicted octanol–water partition coefficient (Wildman–Crippen LogP) is 16.5. The van der Waals surface area contributed by atoms with Gasteiger partial charge in [0.25, 0.3) is 0 Å². The van der Waals surface area contributed by atoms with Crippen LogP contribution in [0.5, 0.6) is 0 Å². The van der Waals surface area contributed by atoms with Gasteiger partial charge in [0.05, 0.1) is 12.4 Å². The molecule has 0 heterocycles. The molecule has 0 aromatic heterocycles. The molecule has 0 saturated heterocycles. The molecule has 0 aromatic carbocycles. The summed E-state index contributed by atoms with van der Waals surface area (Å²) in [6.07, 6.45) is 54.6. The number of carbonyl (C=O) groups excluding carboxylic acids is 1. The first-order valence-electron chi connectivity index (χ1n) is 26.7. The lowest BCUT2D eigenvalue weighted by molar-refractivity contribution is -0.143. The van der Waals surface area contributed by atoms with Crippen LogP contribution < -0.4 is 5.14 Å². The number of rotatable bonds is 47. The van der Waals surface area contributed by atoms with Crippen LogP contribution in [0, 0.1) is 5.92 Å². The monoisotopic (exact) mass is 904 g/mol. The van der Waals surface area contributed by atoms with E-state index < -0.39 is 9.89 Å². The fraction of sp³-hybridized carbons (Fsp3) is 0.836. The highest BCUT2D eigenvalue weighted by Gasteiger charge is 2.12. The summed E-state index contributed by atoms with van der Waals surface area (Å²) in [7, 11) is 0.971. The molecular weight excluding hydrogens is 799 g/mol. The number of hydrogen-bond donors (Lipinski definition) is 1. The van der Waals surface area contributed by atoms with E-state index in [0.717, 1.165) is 81.7 Å². The zero-order valence-electron chi connectivity index (χ0n) is 42.5. The van der Waals surface area contributed by atoms with Gasteiger partial charge in [0.2, 0.25) is 0 Å². The third-order valence-corrected chi connectivity index (χ3v) is 12.8. The van der Waals surface area contributed by atoms with Crippen molar-refractivity contribution < 1.29 is 18.5 Å². The number of hydrogen-bond acceptors (Lipinski definition) is 4. The van der Waals surface area contributed by atoms with E-state index in [2.05, 4.69) is 61.9 Å². The number of esters is 1. The topological polar surface area (TPSA) is 94.2 Å². The number of nitrogens with two attached hydrogens (primary N) is 1. The van der Waals surface area contributed by atoms with Crippen molar-refractivity contribution in [2.75, 3.05) is 20.7 Å². The molecule has 3 atom stereocenters. The van der Waals surface area contributed by atoms with Crippen LogP contribution in [0.25, 0.3) is 0 Å². The summed E-state index contributed by atoms with van der Waals surface area (Å²) in [5.41, 5.74) is 0. The first kappa shape index (κ1) is 60.9. The molecule has 0 aliphatic heterocycles. The van der Waals surface area contributed by atoms with Crippen LogP contribution in [-0.4, -0.2) is 53.6 Å². The normalized spacial score (nSPS) is 14.0. The van der Waals surface area contributed by atoms with E-state index in [1.54, 1.807) is 0 Å². The van der Waals surface area contributed by atoms with Gasteiger partial charge in [-0.15, -0.1) is 0 Å². The molecule has 0 aromatic rings. The van der Waals surface area contributed by atoms with Crippen molar-refractivity contribution in [3.05, 3.63) is 36.6 Å². The number of ether oxygens (including phenoxy) is 2. The molecule has 7 nitrogen and oxygen atoms in total. The van der Waals surface area contributed by atoms with E-state index in [1.165, 1.54) is 173 Å². The SMILES string of the molecule is C=C(CCCCCCCCCC(CCCCCCCCC(=O)OCCCCCCCCC)CCCC/C(=N/S(=C)(N)=O)N(C)C)OC(/C=C\CCCCCC)C/C=C/CCCCC. The van der Waals surface area contributed by atoms with Crippen molar-refractivity contribution in [3.63, 3.8) is 0 Å². The minimum absolute atomic E-state index is 0.0140. The van der Waals surface area contributed by atoms with Gasteiger partial charge in [-0.25, -0.2) is 9.35 Å². The van der Waals surface area contributed by atoms with Gasteiger partial charge in [0.1, 0.15) is 21.8 Å². The highest BCUT2D eigenvalue weighted by Crippen LogP contribution is 2.25. The van der Waals surface area contributed by atoms with Crippen LogP contribution in [-0.2, 0) is 24.2 Å². The van der Waals surface area contributed by atoms with Crippen LogP contribution in [0.4, 0.5) is 0 Å². The second-order valence-electron chi connectivity index (χ2n) is 18.9. The van der Waals surface area contributed by atoms with Gasteiger partial charge >= 0.3 is 5.97 Å². The van der Waals surface area contributed by atoms with Crippen LogP contribution in [0.15, 0.2) is 41.0 Å². The van der Waals surface area contributed by atoms with Crippen molar-refractivity contribution in [1.29, 1.82) is 0 Å². The van der Waals surface area contributed by atoms with E-state index in [4.69, 9.17) is 14.6 Å². The Balaban J connectivity index is 4.56. The maximum atomic E-state index is 12.1. The van der Waals surface area contributed by atoms with E-state index in [-0.39, 0.29) is 12.1 Å². The second kappa shape index (κ2) is 45.1. The lowest BCUT2D eigenvalue weighted by atomic mass is 9.89. The lowest BCUT2D eigenvalue weighted by Crippen LogP contribution is -2.25. The molecule has 0 rings (SSSR count). The molecule has 0 bridgehead atoms. The van der Waals surface area contributed by atoms with Gasteiger partial charge in [-0.05, 0) is 69.2 Å². The third-order valence-electron chi connectivity index (χ3n) is 12.3. The van der Waals surface area contributed by atoms with Crippen molar-refractivity contribution in [2.24, 2.45) is 15.5 Å². The molecular formula is C55H105N3O4S. The van der Waals surface area contributed by atoms with Crippen LogP contribution in [0.1, 0.15) is 265 Å². The largest absolute Gasteiger partial charge is 0.491 e. The van der Waals surface area contributed by atoms with Gasteiger partial charge in [0.15, 0.2) is 0 Å². The molecule has 0 aliphatic rings. The first-order valence-corrected chi connectivity index (χ1v) is 28.5. The zero-order valence-corrected chi connectivity index (χ0v) is 43.3. The Labute approximate surface area is 393 Å². The van der Waals surface area contributed by atoms with Gasteiger partial charge in [0, 0.05) is 39.8 Å². The summed E-state index contributed by atoms with van der Waals surface area (Å²) in [4.78, 5) is 14.1. The molecule has 63 heavy (non-hydrogen) atoms. The Bertz CT molecular complexity index is 1240. The van der Waals surface area contributed by atoms with E-state index in [1.807, 2.05) is 19.0 Å². The van der Waals surface area contributed by atoms with Gasteiger partial charge in [-0.3, -0.25) is 4.79 Å². The quantitative estimate of drug-likeness (QED) is 0.0125. The highest BCUT2D eigenvalue weighted by molar-refractivity contribution is 7.97. The average molecular weight is 905 g/mol. The van der Waals surface area contributed by atoms with Gasteiger partial charge in [-0.2, -0.15) is 4.40 Å². The van der Waals surface area contributed by atoms with Crippen LogP contribution in [0.2, 0.25) is 0 Å². The molecule has 0 amide bonds. The maximum Gasteiger partial charge on any atom is 0.305 e. The standard InChI is InChI=1S/C55H105N3O4S/c1-8-11-14-17-25-32-41-50-61-55(59)49-38-31-24-23-28-35-44-52(45-39-40-48-54(58(5)6)57-63(7,56)60)43-34-27-22-20-21-26-33-42-51(4)62-53(46-36-29-18-15-12-9-2)47-37-30-19-16-13-10-3/h29,36-37,47,52-53H,4,7-28,30-35,38-46,48-50H2,1-3,5-6H3,(H2,56,60)/b36-29+,47-37-,57-54-. The molecule has 2 N–H and O–H groups in total. The molecule has 0 saturated carbocycles. The fourth-order valence-corrected chi connectivity index (χ4v) is 8.89. The second-order valence-corrected chi connectivity index (χ2v) is 20.5. The van der Waals surface area contributed by atoms with Crippen molar-refractivity contribution in [3.8, 4) is 0 Å². The molecule has 8 heteroatoms. The Morgan fingerprint density at radius 3 is 1.62 bits per heavy atom. The molecule has 3 unspecified atom stereocenters. The maximum absolute atomic E-state index is 12.1. The summed E-state index contributed by atoms with van der Waals surface area (Å²) in [6, 6.07) is 0. The predicted molar refractivity (Wildman–Crippen MR) is 280 cm³/mol. The van der Waals surface area contributed by atoms with Gasteiger partial charge in [-0.1, -0.05) is 213 Å². The Morgan fingerprint density at radius 2 is 1.05 bits per heavy atom. The van der Waals surface area contributed by atoms with E-state index >= 15 is 0 Å². The molecule has 0 radical (unpaired) electrons. The smallest absolute Gasteiger partial charge is 0.305 e. The Kier molecular flexibility index (Phi) is 43.6. The minimum Gasteiger partial charge on any atom is -0.491 e. The van der Waals surface area contributed by atoms with E-state index in [9.17, 15) is 9.00 Å². The Hall–Kier alpha value is -2.06. The zero-order chi connectivity index (χ0) is 46.5. The first-order chi connectivity index (χ1) is 30.5. The van der Waals surface area contributed by atoms with Crippen molar-refractivity contribution in [2.45, 2.75) is 271 Å². The van der Waals surface area contributed by atoms with E-state index in [0.29, 0.717) is 13.0 Å². The average Bonchev–Trinajstić information content (AvgIpc) is 3.24. The molecule has 370 valence electrons. The summed E-state index contributed by atoms with van der Waals surface area (Å²) in [5, 5.41) is 5.65. The minimum atomic E-state index is -2.90. The summed E-state index contributed by atoms with van der Waals surface area (Å²) < 4.78 is 28.1. The molecule has 0 fully saturated rings. The number of allylic oxidation sites excluding steroid dienone is 3. The highest BCUT2D eigenvalue weighted by atomic mass is 32.2. The number of nitrogens with zero attached hydrogens (tertiary/aromatic N) is 2. The third kappa shape index (κ3) is 44.9. The number of carbonyl (C=O) groups is 1. The van der Waals surface area contributed by atoms with Crippen molar-refractivity contribution in [1.82, 2.24) is 4.90 Å². The number of unbranched alkanes of at least 4 members (excludes halogenated alkanes) is 25. The summed E-state index contributed by atoms with van der Waals surface area (Å²) >= 11 is 0. The molecule has 0 spiro atoms. The Morgan fingerprint density at radius 1 is 0.603 bits per heavy atom.